The number of nitrogens with one attached hydrogen (secondary N) is 4. The van der Waals surface area contributed by atoms with Crippen LogP contribution in [0.25, 0.3) is 0 Å². The van der Waals surface area contributed by atoms with Crippen molar-refractivity contribution in [1.29, 1.82) is 0 Å². The molecule has 1 saturated carbocycles. The third-order valence-corrected chi connectivity index (χ3v) is 5.79. The minimum Gasteiger partial charge on any atom is -0.339 e. The molecule has 0 spiro atoms. The Morgan fingerprint density at radius 3 is 2.11 bits per heavy atom. The molecule has 1 aliphatic rings. The van der Waals surface area contributed by atoms with Gasteiger partial charge < -0.3 is 21.7 Å². The van der Waals surface area contributed by atoms with Crippen LogP contribution in [-0.4, -0.2) is 48.1 Å². The van der Waals surface area contributed by atoms with E-state index in [9.17, 15) is 14.4 Å². The summed E-state index contributed by atoms with van der Waals surface area (Å²) in [6.45, 7) is 0.156. The molecule has 9 heteroatoms. The zero-order valence-electron chi connectivity index (χ0n) is 19.5. The Labute approximate surface area is 204 Å². The Hall–Kier alpha value is -3.71. The molecule has 1 atom stereocenters. The fourth-order valence-corrected chi connectivity index (χ4v) is 3.79. The Kier molecular flexibility index (Phi) is 9.80. The number of rotatable bonds is 8. The lowest BCUT2D eigenvalue weighted by Gasteiger charge is -2.22. The van der Waals surface area contributed by atoms with E-state index in [1.54, 1.807) is 24.3 Å². The van der Waals surface area contributed by atoms with Crippen molar-refractivity contribution in [2.75, 3.05) is 18.4 Å². The van der Waals surface area contributed by atoms with Crippen molar-refractivity contribution in [3.8, 4) is 11.8 Å². The molecule has 1 aliphatic carbocycles. The first-order chi connectivity index (χ1) is 17.0. The second-order valence-corrected chi connectivity index (χ2v) is 8.41. The molecular weight excluding hydrogens is 446 g/mol. The van der Waals surface area contributed by atoms with Crippen LogP contribution in [0.2, 0.25) is 0 Å². The number of hydrogen-bond donors (Lipinski definition) is 6. The first-order valence-corrected chi connectivity index (χ1v) is 11.7. The average molecular weight is 478 g/mol. The zero-order chi connectivity index (χ0) is 25.0. The van der Waals surface area contributed by atoms with Crippen molar-refractivity contribution in [2.24, 2.45) is 5.73 Å². The molecule has 184 valence electrons. The van der Waals surface area contributed by atoms with Crippen molar-refractivity contribution >= 4 is 23.4 Å². The van der Waals surface area contributed by atoms with Crippen LogP contribution in [-0.2, 0) is 9.59 Å². The van der Waals surface area contributed by atoms with Crippen molar-refractivity contribution < 1.29 is 19.6 Å². The van der Waals surface area contributed by atoms with E-state index < -0.39 is 17.9 Å². The van der Waals surface area contributed by atoms with Gasteiger partial charge in [0.1, 0.15) is 6.04 Å². The lowest BCUT2D eigenvalue weighted by molar-refractivity contribution is -0.130. The topological polar surface area (TPSA) is 146 Å². The molecule has 3 amide bonds. The highest BCUT2D eigenvalue weighted by atomic mass is 16.5. The summed E-state index contributed by atoms with van der Waals surface area (Å²) in [5.41, 5.74) is 9.44. The summed E-state index contributed by atoms with van der Waals surface area (Å²) >= 11 is 0. The van der Waals surface area contributed by atoms with Crippen molar-refractivity contribution in [2.45, 2.75) is 44.2 Å². The lowest BCUT2D eigenvalue weighted by Crippen LogP contribution is -2.50. The van der Waals surface area contributed by atoms with Gasteiger partial charge in [-0.05, 0) is 61.4 Å². The van der Waals surface area contributed by atoms with Gasteiger partial charge >= 0.3 is 0 Å². The summed E-state index contributed by atoms with van der Waals surface area (Å²) in [7, 11) is 0. The number of benzene rings is 2. The van der Waals surface area contributed by atoms with E-state index in [0.29, 0.717) is 29.4 Å². The highest BCUT2D eigenvalue weighted by Crippen LogP contribution is 2.17. The van der Waals surface area contributed by atoms with Crippen LogP contribution in [0.5, 0.6) is 0 Å². The molecule has 2 aromatic rings. The highest BCUT2D eigenvalue weighted by Gasteiger charge is 2.19. The third-order valence-electron chi connectivity index (χ3n) is 5.79. The molecule has 3 rings (SSSR count). The monoisotopic (exact) mass is 477 g/mol. The largest absolute Gasteiger partial charge is 0.339 e. The molecule has 0 saturated heterocycles. The maximum absolute atomic E-state index is 12.3. The quantitative estimate of drug-likeness (QED) is 0.193. The normalized spacial score (nSPS) is 14.2. The molecule has 0 radical (unpaired) electrons. The Morgan fingerprint density at radius 2 is 1.54 bits per heavy atom. The summed E-state index contributed by atoms with van der Waals surface area (Å²) < 4.78 is 0. The molecular formula is C26H31N5O4. The molecule has 9 nitrogen and oxygen atoms in total. The number of hydrogen-bond acceptors (Lipinski definition) is 6. The van der Waals surface area contributed by atoms with E-state index in [4.69, 9.17) is 10.9 Å². The van der Waals surface area contributed by atoms with E-state index in [0.717, 1.165) is 18.4 Å². The lowest BCUT2D eigenvalue weighted by atomic mass is 9.95. The van der Waals surface area contributed by atoms with Gasteiger partial charge in [-0.15, -0.1) is 0 Å². The minimum atomic E-state index is -1.03. The highest BCUT2D eigenvalue weighted by molar-refractivity contribution is 5.97. The predicted molar refractivity (Wildman–Crippen MR) is 133 cm³/mol. The molecule has 0 bridgehead atoms. The summed E-state index contributed by atoms with van der Waals surface area (Å²) in [6.07, 6.45) is 6.00. The number of carbonyl (C=O) groups is 3. The molecule has 1 fully saturated rings. The van der Waals surface area contributed by atoms with E-state index in [-0.39, 0.29) is 12.5 Å². The molecule has 2 aromatic carbocycles. The fourth-order valence-electron chi connectivity index (χ4n) is 3.79. The first kappa shape index (κ1) is 25.9. The van der Waals surface area contributed by atoms with E-state index in [1.807, 2.05) is 24.3 Å². The van der Waals surface area contributed by atoms with Gasteiger partial charge in [0.25, 0.3) is 11.8 Å². The number of nitrogens with two attached hydrogens (primary N) is 1. The van der Waals surface area contributed by atoms with Gasteiger partial charge in [0.2, 0.25) is 5.91 Å². The van der Waals surface area contributed by atoms with Crippen LogP contribution in [0.4, 0.5) is 5.69 Å². The maximum atomic E-state index is 12.3. The second kappa shape index (κ2) is 13.2. The summed E-state index contributed by atoms with van der Waals surface area (Å²) in [6, 6.07) is 13.3. The van der Waals surface area contributed by atoms with Crippen LogP contribution in [0.15, 0.2) is 48.5 Å². The molecule has 0 aliphatic heterocycles. The molecule has 0 aromatic heterocycles. The number of hydroxylamine groups is 1. The molecule has 35 heavy (non-hydrogen) atoms. The van der Waals surface area contributed by atoms with Crippen molar-refractivity contribution in [3.63, 3.8) is 0 Å². The van der Waals surface area contributed by atoms with Crippen molar-refractivity contribution in [1.82, 2.24) is 16.1 Å². The fraction of sp³-hybridized carbons (Fsp3) is 0.346. The number of anilines is 1. The average Bonchev–Trinajstić information content (AvgIpc) is 2.90. The Balaban J connectivity index is 1.50. The first-order valence-electron chi connectivity index (χ1n) is 11.7. The number of amides is 3. The molecule has 7 N–H and O–H groups in total. The van der Waals surface area contributed by atoms with Gasteiger partial charge in [-0.2, -0.15) is 0 Å². The maximum Gasteiger partial charge on any atom is 0.267 e. The van der Waals surface area contributed by atoms with Crippen LogP contribution >= 0.6 is 0 Å². The van der Waals surface area contributed by atoms with Gasteiger partial charge in [-0.1, -0.05) is 31.1 Å². The van der Waals surface area contributed by atoms with E-state index in [2.05, 4.69) is 27.8 Å². The summed E-state index contributed by atoms with van der Waals surface area (Å²) in [5, 5.41) is 17.4. The standard InChI is InChI=1S/C26H31N5O4/c27-16-23(26(34)31-35)30-25(33)20-12-8-18(9-13-20)6-7-19-10-14-22(15-11-19)29-24(32)17-28-21-4-2-1-3-5-21/h8-15,21,23,28,35H,1-5,16-17,27H2,(H,29,32)(H,30,33)(H,31,34)/t23-/m0/s1. The zero-order valence-corrected chi connectivity index (χ0v) is 19.5. The SMILES string of the molecule is NC[C@H](NC(=O)c1ccc(C#Cc2ccc(NC(=O)CNC3CCCCC3)cc2)cc1)C(=O)NO. The van der Waals surface area contributed by atoms with Crippen LogP contribution in [0.1, 0.15) is 53.6 Å². The Morgan fingerprint density at radius 1 is 0.943 bits per heavy atom. The van der Waals surface area contributed by atoms with E-state index >= 15 is 0 Å². The van der Waals surface area contributed by atoms with Gasteiger partial charge in [0, 0.05) is 35.0 Å². The third kappa shape index (κ3) is 8.22. The molecule has 0 heterocycles. The molecule has 0 unspecified atom stereocenters. The predicted octanol–water partition coefficient (Wildman–Crippen LogP) is 1.51. The minimum absolute atomic E-state index is 0.0618. The summed E-state index contributed by atoms with van der Waals surface area (Å²) in [4.78, 5) is 35.9. The smallest absolute Gasteiger partial charge is 0.267 e. The Bertz CT molecular complexity index is 1070. The number of carbonyl (C=O) groups excluding carboxylic acids is 3. The summed E-state index contributed by atoms with van der Waals surface area (Å²) in [5.74, 6) is 4.74. The van der Waals surface area contributed by atoms with Gasteiger partial charge in [-0.25, -0.2) is 5.48 Å². The van der Waals surface area contributed by atoms with Crippen LogP contribution < -0.4 is 27.2 Å². The van der Waals surface area contributed by atoms with Gasteiger partial charge in [0.15, 0.2) is 0 Å². The van der Waals surface area contributed by atoms with Crippen LogP contribution in [0, 0.1) is 11.8 Å². The van der Waals surface area contributed by atoms with Gasteiger partial charge in [-0.3, -0.25) is 19.6 Å². The second-order valence-electron chi connectivity index (χ2n) is 8.41. The van der Waals surface area contributed by atoms with E-state index in [1.165, 1.54) is 24.7 Å². The van der Waals surface area contributed by atoms with Crippen LogP contribution in [0.3, 0.4) is 0 Å². The van der Waals surface area contributed by atoms with Crippen molar-refractivity contribution in [3.05, 3.63) is 65.2 Å². The van der Waals surface area contributed by atoms with Gasteiger partial charge in [0.05, 0.1) is 6.54 Å².